The molecule has 4 aliphatic rings. The molecule has 1 aromatic rings. The van der Waals surface area contributed by atoms with Gasteiger partial charge in [-0.25, -0.2) is 0 Å². The molecular formula is C34H53N3O2. The molecule has 5 rings (SSSR count). The molecule has 0 radical (unpaired) electrons. The molecule has 1 aliphatic heterocycles. The summed E-state index contributed by atoms with van der Waals surface area (Å²) in [5.74, 6) is 2.76. The highest BCUT2D eigenvalue weighted by Gasteiger charge is 2.58. The SMILES string of the molecule is CC1=C(CCC(=O)NCC2CCN(CCc3ccccn3)CC2)[C@@H]2CC[C@H]3C(C)(C)[C@@H](O)CC[C@]3(C)[C@H]2CC1. The minimum absolute atomic E-state index is 0.00345. The smallest absolute Gasteiger partial charge is 0.220 e. The van der Waals surface area contributed by atoms with E-state index in [9.17, 15) is 9.90 Å². The molecule has 3 fully saturated rings. The lowest BCUT2D eigenvalue weighted by Crippen LogP contribution is -2.56. The van der Waals surface area contributed by atoms with Gasteiger partial charge >= 0.3 is 0 Å². The van der Waals surface area contributed by atoms with Crippen molar-refractivity contribution in [2.75, 3.05) is 26.2 Å². The maximum atomic E-state index is 13.0. The van der Waals surface area contributed by atoms with E-state index in [4.69, 9.17) is 0 Å². The maximum absolute atomic E-state index is 13.0. The van der Waals surface area contributed by atoms with E-state index >= 15 is 0 Å². The summed E-state index contributed by atoms with van der Waals surface area (Å²) in [6, 6.07) is 6.15. The zero-order valence-electron chi connectivity index (χ0n) is 25.1. The highest BCUT2D eigenvalue weighted by molar-refractivity contribution is 5.76. The van der Waals surface area contributed by atoms with Crippen LogP contribution in [0.5, 0.6) is 0 Å². The summed E-state index contributed by atoms with van der Waals surface area (Å²) in [4.78, 5) is 19.9. The van der Waals surface area contributed by atoms with Gasteiger partial charge in [-0.1, -0.05) is 38.0 Å². The molecule has 1 amide bonds. The Kier molecular flexibility index (Phi) is 8.88. The fourth-order valence-corrected chi connectivity index (χ4v) is 9.25. The molecule has 2 N–H and O–H groups in total. The van der Waals surface area contributed by atoms with Gasteiger partial charge in [-0.2, -0.15) is 0 Å². The summed E-state index contributed by atoms with van der Waals surface area (Å²) in [6.07, 6.45) is 13.6. The first-order valence-electron chi connectivity index (χ1n) is 15.9. The van der Waals surface area contributed by atoms with E-state index in [1.807, 2.05) is 12.3 Å². The number of rotatable bonds is 8. The van der Waals surface area contributed by atoms with E-state index in [0.717, 1.165) is 51.9 Å². The summed E-state index contributed by atoms with van der Waals surface area (Å²) in [6.45, 7) is 13.6. The lowest BCUT2D eigenvalue weighted by atomic mass is 9.43. The Bertz CT molecular complexity index is 1010. The summed E-state index contributed by atoms with van der Waals surface area (Å²) >= 11 is 0. The lowest BCUT2D eigenvalue weighted by Gasteiger charge is -2.62. The minimum atomic E-state index is -0.171. The molecule has 5 atom stereocenters. The van der Waals surface area contributed by atoms with Crippen LogP contribution in [0.2, 0.25) is 0 Å². The monoisotopic (exact) mass is 535 g/mol. The van der Waals surface area contributed by atoms with Crippen molar-refractivity contribution < 1.29 is 9.90 Å². The van der Waals surface area contributed by atoms with Crippen molar-refractivity contribution in [3.8, 4) is 0 Å². The van der Waals surface area contributed by atoms with Gasteiger partial charge in [-0.3, -0.25) is 9.78 Å². The standard InChI is InChI=1S/C34H53N3O2/c1-24-8-11-29-28(9-12-30-33(2,3)31(38)14-18-34(29,30)4)27(24)10-13-32(39)36-23-25-15-20-37(21-16-25)22-17-26-7-5-6-19-35-26/h5-7,19,25,28-31,38H,8-18,20-23H2,1-4H3,(H,36,39)/t28-,29-,30-,31-,34+/m0/s1. The van der Waals surface area contributed by atoms with Crippen molar-refractivity contribution in [1.82, 2.24) is 15.2 Å². The van der Waals surface area contributed by atoms with Crippen molar-refractivity contribution in [2.45, 2.75) is 104 Å². The predicted octanol–water partition coefficient (Wildman–Crippen LogP) is 6.17. The Morgan fingerprint density at radius 2 is 1.87 bits per heavy atom. The van der Waals surface area contributed by atoms with Gasteiger partial charge in [0.25, 0.3) is 0 Å². The molecule has 5 heteroatoms. The first kappa shape index (κ1) is 28.8. The number of nitrogens with one attached hydrogen (secondary N) is 1. The zero-order valence-corrected chi connectivity index (χ0v) is 25.1. The van der Waals surface area contributed by atoms with Crippen molar-refractivity contribution in [3.63, 3.8) is 0 Å². The second-order valence-corrected chi connectivity index (χ2v) is 14.2. The molecule has 0 unspecified atom stereocenters. The third-order valence-corrected chi connectivity index (χ3v) is 11.8. The number of amides is 1. The fourth-order valence-electron chi connectivity index (χ4n) is 9.25. The van der Waals surface area contributed by atoms with Crippen molar-refractivity contribution in [2.24, 2.45) is 34.5 Å². The van der Waals surface area contributed by atoms with Gasteiger partial charge in [0, 0.05) is 37.8 Å². The number of aliphatic hydroxyl groups is 1. The molecule has 0 aromatic carbocycles. The summed E-state index contributed by atoms with van der Waals surface area (Å²) in [5, 5.41) is 14.1. The molecule has 216 valence electrons. The number of aliphatic hydroxyl groups excluding tert-OH is 1. The van der Waals surface area contributed by atoms with Crippen LogP contribution in [0, 0.1) is 34.5 Å². The Morgan fingerprint density at radius 3 is 2.62 bits per heavy atom. The van der Waals surface area contributed by atoms with Crippen LogP contribution in [0.4, 0.5) is 0 Å². The predicted molar refractivity (Wildman–Crippen MR) is 158 cm³/mol. The van der Waals surface area contributed by atoms with Gasteiger partial charge in [0.2, 0.25) is 5.91 Å². The van der Waals surface area contributed by atoms with E-state index in [1.165, 1.54) is 44.2 Å². The van der Waals surface area contributed by atoms with E-state index in [-0.39, 0.29) is 17.4 Å². The molecule has 5 nitrogen and oxygen atoms in total. The zero-order chi connectivity index (χ0) is 27.6. The molecule has 0 spiro atoms. The summed E-state index contributed by atoms with van der Waals surface area (Å²) in [5.41, 5.74) is 4.64. The second kappa shape index (κ2) is 12.0. The average Bonchev–Trinajstić information content (AvgIpc) is 2.93. The van der Waals surface area contributed by atoms with Crippen LogP contribution in [0.1, 0.15) is 97.6 Å². The molecule has 1 saturated heterocycles. The Labute approximate surface area is 237 Å². The average molecular weight is 536 g/mol. The van der Waals surface area contributed by atoms with Crippen LogP contribution in [-0.2, 0) is 11.2 Å². The number of hydrogen-bond donors (Lipinski definition) is 2. The fraction of sp³-hybridized carbons (Fsp3) is 0.765. The number of nitrogens with zero attached hydrogens (tertiary/aromatic N) is 2. The minimum Gasteiger partial charge on any atom is -0.393 e. The van der Waals surface area contributed by atoms with Crippen LogP contribution in [-0.4, -0.2) is 53.2 Å². The van der Waals surface area contributed by atoms with Crippen LogP contribution in [0.15, 0.2) is 35.5 Å². The number of aromatic nitrogens is 1. The van der Waals surface area contributed by atoms with Gasteiger partial charge in [-0.15, -0.1) is 0 Å². The molecular weight excluding hydrogens is 482 g/mol. The number of likely N-dealkylation sites (tertiary alicyclic amines) is 1. The number of hydrogen-bond acceptors (Lipinski definition) is 4. The molecule has 0 bridgehead atoms. The number of carbonyl (C=O) groups is 1. The molecule has 2 saturated carbocycles. The van der Waals surface area contributed by atoms with E-state index in [2.05, 4.69) is 55.0 Å². The largest absolute Gasteiger partial charge is 0.393 e. The van der Waals surface area contributed by atoms with Crippen LogP contribution < -0.4 is 5.32 Å². The van der Waals surface area contributed by atoms with Crippen LogP contribution >= 0.6 is 0 Å². The topological polar surface area (TPSA) is 65.5 Å². The van der Waals surface area contributed by atoms with E-state index in [0.29, 0.717) is 35.5 Å². The summed E-state index contributed by atoms with van der Waals surface area (Å²) < 4.78 is 0. The van der Waals surface area contributed by atoms with E-state index in [1.54, 1.807) is 11.1 Å². The molecule has 3 aliphatic carbocycles. The van der Waals surface area contributed by atoms with Crippen molar-refractivity contribution in [3.05, 3.63) is 41.2 Å². The van der Waals surface area contributed by atoms with Gasteiger partial charge in [0.15, 0.2) is 0 Å². The highest BCUT2D eigenvalue weighted by atomic mass is 16.3. The second-order valence-electron chi connectivity index (χ2n) is 14.2. The number of fused-ring (bicyclic) bond motifs is 3. The Morgan fingerprint density at radius 1 is 1.08 bits per heavy atom. The number of carbonyl (C=O) groups excluding carboxylic acids is 1. The number of piperidine rings is 1. The molecule has 39 heavy (non-hydrogen) atoms. The van der Waals surface area contributed by atoms with Gasteiger partial charge in [0.1, 0.15) is 0 Å². The molecule has 2 heterocycles. The number of allylic oxidation sites excluding steroid dienone is 2. The first-order chi connectivity index (χ1) is 18.7. The summed E-state index contributed by atoms with van der Waals surface area (Å²) in [7, 11) is 0. The van der Waals surface area contributed by atoms with Crippen molar-refractivity contribution in [1.29, 1.82) is 0 Å². The Balaban J connectivity index is 1.07. The highest BCUT2D eigenvalue weighted by Crippen LogP contribution is 2.64. The van der Waals surface area contributed by atoms with Crippen LogP contribution in [0.3, 0.4) is 0 Å². The normalized spacial score (nSPS) is 33.4. The van der Waals surface area contributed by atoms with Gasteiger partial charge in [-0.05, 0) is 124 Å². The third-order valence-electron chi connectivity index (χ3n) is 11.8. The maximum Gasteiger partial charge on any atom is 0.220 e. The van der Waals surface area contributed by atoms with Crippen molar-refractivity contribution >= 4 is 5.91 Å². The van der Waals surface area contributed by atoms with Gasteiger partial charge < -0.3 is 15.3 Å². The quantitative estimate of drug-likeness (QED) is 0.391. The first-order valence-corrected chi connectivity index (χ1v) is 15.9. The Hall–Kier alpha value is -1.72. The third kappa shape index (κ3) is 6.15. The lowest BCUT2D eigenvalue weighted by molar-refractivity contribution is -0.149. The van der Waals surface area contributed by atoms with Gasteiger partial charge in [0.05, 0.1) is 6.10 Å². The van der Waals surface area contributed by atoms with Crippen LogP contribution in [0.25, 0.3) is 0 Å². The molecule has 1 aromatic heterocycles. The van der Waals surface area contributed by atoms with E-state index < -0.39 is 0 Å². The number of pyridine rings is 1.